The van der Waals surface area contributed by atoms with Crippen LogP contribution >= 0.6 is 0 Å². The molecule has 0 unspecified atom stereocenters. The minimum Gasteiger partial charge on any atom is -0.465 e. The molecule has 0 bridgehead atoms. The first-order valence-corrected chi connectivity index (χ1v) is 6.26. The third-order valence-corrected chi connectivity index (χ3v) is 2.55. The number of aryl methyl sites for hydroxylation is 1. The fourth-order valence-corrected chi connectivity index (χ4v) is 1.63. The number of nitrogens with zero attached hydrogens (tertiary/aromatic N) is 1. The Morgan fingerprint density at radius 2 is 2.11 bits per heavy atom. The van der Waals surface area contributed by atoms with E-state index in [0.717, 1.165) is 12.1 Å². The Labute approximate surface area is 112 Å². The quantitative estimate of drug-likeness (QED) is 0.867. The van der Waals surface area contributed by atoms with Crippen LogP contribution in [0.4, 0.5) is 5.69 Å². The number of aromatic amines is 1. The first kappa shape index (κ1) is 13.1. The topological polar surface area (TPSA) is 67.0 Å². The van der Waals surface area contributed by atoms with Gasteiger partial charge in [0.1, 0.15) is 0 Å². The predicted octanol–water partition coefficient (Wildman–Crippen LogP) is 2.76. The summed E-state index contributed by atoms with van der Waals surface area (Å²) in [5, 5.41) is 2.79. The molecule has 5 heteroatoms. The van der Waals surface area contributed by atoms with Crippen molar-refractivity contribution in [3.63, 3.8) is 0 Å². The highest BCUT2D eigenvalue weighted by molar-refractivity contribution is 6.03. The maximum absolute atomic E-state index is 12.1. The summed E-state index contributed by atoms with van der Waals surface area (Å²) in [6.45, 7) is 4.39. The zero-order valence-electron chi connectivity index (χ0n) is 11.1. The number of hydrogen-bond acceptors (Lipinski definition) is 3. The van der Waals surface area contributed by atoms with Crippen LogP contribution in [-0.4, -0.2) is 22.5 Å². The number of ether oxygens (including phenoxy) is 1. The molecule has 0 spiro atoms. The van der Waals surface area contributed by atoms with E-state index in [1.807, 2.05) is 37.3 Å². The summed E-state index contributed by atoms with van der Waals surface area (Å²) in [7, 11) is 0. The molecule has 0 aliphatic carbocycles. The fourth-order valence-electron chi connectivity index (χ4n) is 1.63. The maximum Gasteiger partial charge on any atom is 0.294 e. The monoisotopic (exact) mass is 259 g/mol. The molecule has 2 N–H and O–H groups in total. The van der Waals surface area contributed by atoms with Crippen molar-refractivity contribution in [3.05, 3.63) is 41.7 Å². The van der Waals surface area contributed by atoms with Crippen LogP contribution in [0, 0.1) is 6.92 Å². The highest BCUT2D eigenvalue weighted by Crippen LogP contribution is 2.14. The fraction of sp³-hybridized carbons (Fsp3) is 0.286. The van der Waals surface area contributed by atoms with Gasteiger partial charge in [-0.25, -0.2) is 0 Å². The Morgan fingerprint density at radius 1 is 1.37 bits per heavy atom. The van der Waals surface area contributed by atoms with E-state index >= 15 is 0 Å². The maximum atomic E-state index is 12.1. The Morgan fingerprint density at radius 3 is 2.79 bits per heavy atom. The van der Waals surface area contributed by atoms with Crippen molar-refractivity contribution in [3.8, 4) is 6.01 Å². The van der Waals surface area contributed by atoms with E-state index in [2.05, 4.69) is 15.3 Å². The third-order valence-electron chi connectivity index (χ3n) is 2.55. The summed E-state index contributed by atoms with van der Waals surface area (Å²) in [6.07, 6.45) is 0.894. The molecule has 1 aromatic carbocycles. The number of carbonyl (C=O) groups is 1. The van der Waals surface area contributed by atoms with Crippen LogP contribution in [0.15, 0.2) is 30.3 Å². The highest BCUT2D eigenvalue weighted by atomic mass is 16.5. The van der Waals surface area contributed by atoms with Crippen molar-refractivity contribution in [2.75, 3.05) is 11.9 Å². The van der Waals surface area contributed by atoms with E-state index in [1.165, 1.54) is 0 Å². The molecule has 0 radical (unpaired) electrons. The summed E-state index contributed by atoms with van der Waals surface area (Å²) in [6, 6.07) is 9.66. The van der Waals surface area contributed by atoms with Gasteiger partial charge in [-0.1, -0.05) is 25.1 Å². The molecule has 1 aromatic heterocycles. The smallest absolute Gasteiger partial charge is 0.294 e. The second-order valence-electron chi connectivity index (χ2n) is 4.18. The molecule has 1 heterocycles. The van der Waals surface area contributed by atoms with Gasteiger partial charge in [0.25, 0.3) is 11.9 Å². The van der Waals surface area contributed by atoms with Crippen molar-refractivity contribution < 1.29 is 9.53 Å². The number of nitrogens with one attached hydrogen (secondary N) is 2. The van der Waals surface area contributed by atoms with Crippen LogP contribution in [-0.2, 0) is 0 Å². The van der Waals surface area contributed by atoms with Gasteiger partial charge in [-0.2, -0.15) is 4.98 Å². The van der Waals surface area contributed by atoms with Crippen molar-refractivity contribution >= 4 is 11.6 Å². The minimum absolute atomic E-state index is 0.244. The summed E-state index contributed by atoms with van der Waals surface area (Å²) >= 11 is 0. The van der Waals surface area contributed by atoms with Crippen molar-refractivity contribution in [2.24, 2.45) is 0 Å². The number of H-pyrrole nitrogens is 1. The van der Waals surface area contributed by atoms with E-state index in [4.69, 9.17) is 4.74 Å². The number of imidazole rings is 1. The Kier molecular flexibility index (Phi) is 4.18. The molecule has 0 aliphatic heterocycles. The standard InChI is InChI=1S/C14H17N3O2/c1-3-9-19-14-15-10(2)12(17-14)13(18)16-11-7-5-4-6-8-11/h4-8H,3,9H2,1-2H3,(H,15,17)(H,16,18). The number of para-hydroxylation sites is 1. The molecule has 2 rings (SSSR count). The molecule has 5 nitrogen and oxygen atoms in total. The number of aromatic nitrogens is 2. The molecule has 100 valence electrons. The van der Waals surface area contributed by atoms with Crippen LogP contribution in [0.2, 0.25) is 0 Å². The Bertz CT molecular complexity index is 549. The van der Waals surface area contributed by atoms with Crippen molar-refractivity contribution in [1.29, 1.82) is 0 Å². The molecule has 0 aliphatic rings. The van der Waals surface area contributed by atoms with Crippen LogP contribution < -0.4 is 10.1 Å². The number of benzene rings is 1. The van der Waals surface area contributed by atoms with E-state index in [1.54, 1.807) is 6.92 Å². The van der Waals surface area contributed by atoms with Gasteiger partial charge in [0.15, 0.2) is 5.69 Å². The van der Waals surface area contributed by atoms with Gasteiger partial charge in [0, 0.05) is 11.4 Å². The summed E-state index contributed by atoms with van der Waals surface area (Å²) in [5.41, 5.74) is 1.79. The highest BCUT2D eigenvalue weighted by Gasteiger charge is 2.15. The molecular weight excluding hydrogens is 242 g/mol. The normalized spacial score (nSPS) is 10.2. The number of amides is 1. The lowest BCUT2D eigenvalue weighted by Gasteiger charge is -2.02. The van der Waals surface area contributed by atoms with Crippen LogP contribution in [0.1, 0.15) is 29.5 Å². The van der Waals surface area contributed by atoms with Crippen molar-refractivity contribution in [2.45, 2.75) is 20.3 Å². The number of rotatable bonds is 5. The van der Waals surface area contributed by atoms with Gasteiger partial charge in [0.2, 0.25) is 0 Å². The Hall–Kier alpha value is -2.30. The lowest BCUT2D eigenvalue weighted by molar-refractivity contribution is 0.102. The van der Waals surface area contributed by atoms with Gasteiger partial charge in [-0.3, -0.25) is 4.79 Å². The van der Waals surface area contributed by atoms with Gasteiger partial charge in [0.05, 0.1) is 6.61 Å². The van der Waals surface area contributed by atoms with Gasteiger partial charge in [-0.15, -0.1) is 0 Å². The van der Waals surface area contributed by atoms with Crippen LogP contribution in [0.3, 0.4) is 0 Å². The first-order chi connectivity index (χ1) is 9.20. The van der Waals surface area contributed by atoms with E-state index in [0.29, 0.717) is 24.0 Å². The third kappa shape index (κ3) is 3.34. The molecule has 0 atom stereocenters. The number of carbonyl (C=O) groups excluding carboxylic acids is 1. The second kappa shape index (κ2) is 6.04. The first-order valence-electron chi connectivity index (χ1n) is 6.26. The zero-order valence-corrected chi connectivity index (χ0v) is 11.1. The molecule has 2 aromatic rings. The minimum atomic E-state index is -0.244. The summed E-state index contributed by atoms with van der Waals surface area (Å²) in [4.78, 5) is 19.2. The number of hydrogen-bond donors (Lipinski definition) is 2. The average Bonchev–Trinajstić information content (AvgIpc) is 2.79. The van der Waals surface area contributed by atoms with E-state index in [-0.39, 0.29) is 5.91 Å². The second-order valence-corrected chi connectivity index (χ2v) is 4.18. The van der Waals surface area contributed by atoms with Gasteiger partial charge in [-0.05, 0) is 25.5 Å². The molecule has 19 heavy (non-hydrogen) atoms. The summed E-state index contributed by atoms with van der Waals surface area (Å²) < 4.78 is 5.37. The zero-order chi connectivity index (χ0) is 13.7. The molecule has 0 saturated carbocycles. The molecule has 0 fully saturated rings. The molecule has 1 amide bonds. The largest absolute Gasteiger partial charge is 0.465 e. The van der Waals surface area contributed by atoms with E-state index < -0.39 is 0 Å². The van der Waals surface area contributed by atoms with Crippen LogP contribution in [0.25, 0.3) is 0 Å². The lowest BCUT2D eigenvalue weighted by Crippen LogP contribution is -2.13. The Balaban J connectivity index is 2.08. The van der Waals surface area contributed by atoms with Gasteiger partial charge < -0.3 is 15.0 Å². The van der Waals surface area contributed by atoms with Gasteiger partial charge >= 0.3 is 0 Å². The lowest BCUT2D eigenvalue weighted by atomic mass is 10.3. The predicted molar refractivity (Wildman–Crippen MR) is 73.5 cm³/mol. The molecule has 0 saturated heterocycles. The average molecular weight is 259 g/mol. The van der Waals surface area contributed by atoms with E-state index in [9.17, 15) is 4.79 Å². The number of anilines is 1. The van der Waals surface area contributed by atoms with Crippen molar-refractivity contribution in [1.82, 2.24) is 9.97 Å². The summed E-state index contributed by atoms with van der Waals surface area (Å²) in [5.74, 6) is -0.244. The molecular formula is C14H17N3O2. The SMILES string of the molecule is CCCOc1nc(C(=O)Nc2ccccc2)c(C)[nH]1. The van der Waals surface area contributed by atoms with Crippen LogP contribution in [0.5, 0.6) is 6.01 Å².